The first-order chi connectivity index (χ1) is 5.24. The molecule has 11 heavy (non-hydrogen) atoms. The van der Waals surface area contributed by atoms with Crippen molar-refractivity contribution in [2.75, 3.05) is 19.0 Å². The van der Waals surface area contributed by atoms with Crippen LogP contribution in [-0.4, -0.2) is 28.6 Å². The molecule has 4 nitrogen and oxygen atoms in total. The monoisotopic (exact) mass is 171 g/mol. The molecular formula is C6H9N3OS. The number of rotatable bonds is 2. The number of anilines is 1. The first kappa shape index (κ1) is 8.29. The van der Waals surface area contributed by atoms with Crippen LogP contribution in [0.4, 0.5) is 5.82 Å². The molecule has 0 aliphatic rings. The SMILES string of the molecule is CN(C)c1cncc(SO)n1. The van der Waals surface area contributed by atoms with Crippen LogP contribution in [0.25, 0.3) is 0 Å². The van der Waals surface area contributed by atoms with Gasteiger partial charge < -0.3 is 9.45 Å². The Morgan fingerprint density at radius 1 is 1.45 bits per heavy atom. The van der Waals surface area contributed by atoms with E-state index < -0.39 is 0 Å². The summed E-state index contributed by atoms with van der Waals surface area (Å²) in [5.74, 6) is 0.740. The summed E-state index contributed by atoms with van der Waals surface area (Å²) in [6, 6.07) is 0. The Morgan fingerprint density at radius 2 is 2.18 bits per heavy atom. The van der Waals surface area contributed by atoms with Gasteiger partial charge in [0.1, 0.15) is 10.8 Å². The summed E-state index contributed by atoms with van der Waals surface area (Å²) in [7, 11) is 3.74. The lowest BCUT2D eigenvalue weighted by molar-refractivity contribution is 0.659. The van der Waals surface area contributed by atoms with E-state index in [9.17, 15) is 0 Å². The molecule has 0 spiro atoms. The van der Waals surface area contributed by atoms with E-state index in [1.165, 1.54) is 6.20 Å². The first-order valence-electron chi connectivity index (χ1n) is 3.05. The lowest BCUT2D eigenvalue weighted by Gasteiger charge is -2.09. The molecule has 0 saturated heterocycles. The highest BCUT2D eigenvalue weighted by Gasteiger charge is 1.98. The summed E-state index contributed by atoms with van der Waals surface area (Å²) in [5, 5.41) is 0.510. The zero-order valence-electron chi connectivity index (χ0n) is 6.35. The van der Waals surface area contributed by atoms with Crippen molar-refractivity contribution in [2.45, 2.75) is 5.03 Å². The van der Waals surface area contributed by atoms with Crippen LogP contribution < -0.4 is 4.90 Å². The highest BCUT2D eigenvalue weighted by atomic mass is 32.2. The van der Waals surface area contributed by atoms with Crippen LogP contribution in [0.1, 0.15) is 0 Å². The average Bonchev–Trinajstić information content (AvgIpc) is 2.05. The molecular weight excluding hydrogens is 162 g/mol. The van der Waals surface area contributed by atoms with Gasteiger partial charge in [-0.3, -0.25) is 4.98 Å². The molecule has 0 atom stereocenters. The van der Waals surface area contributed by atoms with Gasteiger partial charge in [-0.25, -0.2) is 4.98 Å². The fourth-order valence-electron chi connectivity index (χ4n) is 0.598. The maximum absolute atomic E-state index is 8.64. The Bertz CT molecular complexity index is 241. The predicted octanol–water partition coefficient (Wildman–Crippen LogP) is 1.11. The van der Waals surface area contributed by atoms with E-state index in [0.717, 1.165) is 5.82 Å². The van der Waals surface area contributed by atoms with Gasteiger partial charge in [0.25, 0.3) is 0 Å². The van der Waals surface area contributed by atoms with E-state index in [1.807, 2.05) is 19.0 Å². The maximum Gasteiger partial charge on any atom is 0.148 e. The number of aromatic nitrogens is 2. The fourth-order valence-corrected chi connectivity index (χ4v) is 0.840. The quantitative estimate of drug-likeness (QED) is 0.675. The predicted molar refractivity (Wildman–Crippen MR) is 44.8 cm³/mol. The zero-order chi connectivity index (χ0) is 8.27. The van der Waals surface area contributed by atoms with E-state index >= 15 is 0 Å². The molecule has 0 aliphatic carbocycles. The second-order valence-electron chi connectivity index (χ2n) is 2.20. The molecule has 0 aromatic carbocycles. The molecule has 0 amide bonds. The minimum Gasteiger partial charge on any atom is -0.361 e. The molecule has 0 saturated carbocycles. The van der Waals surface area contributed by atoms with E-state index in [0.29, 0.717) is 17.1 Å². The summed E-state index contributed by atoms with van der Waals surface area (Å²) in [6.07, 6.45) is 3.15. The van der Waals surface area contributed by atoms with Crippen molar-refractivity contribution in [2.24, 2.45) is 0 Å². The third-order valence-corrected chi connectivity index (χ3v) is 1.54. The largest absolute Gasteiger partial charge is 0.361 e. The molecule has 0 fully saturated rings. The van der Waals surface area contributed by atoms with Gasteiger partial charge in [0.2, 0.25) is 0 Å². The highest BCUT2D eigenvalue weighted by Crippen LogP contribution is 2.12. The van der Waals surface area contributed by atoms with Gasteiger partial charge in [-0.1, -0.05) is 0 Å². The highest BCUT2D eigenvalue weighted by molar-refractivity contribution is 7.93. The molecule has 1 rings (SSSR count). The number of nitrogens with zero attached hydrogens (tertiary/aromatic N) is 3. The van der Waals surface area contributed by atoms with E-state index in [2.05, 4.69) is 9.97 Å². The Morgan fingerprint density at radius 3 is 2.73 bits per heavy atom. The molecule has 0 aliphatic heterocycles. The Labute approximate surface area is 69.5 Å². The Balaban J connectivity index is 2.91. The Kier molecular flexibility index (Phi) is 2.67. The third-order valence-electron chi connectivity index (χ3n) is 1.15. The van der Waals surface area contributed by atoms with Crippen LogP contribution in [0.2, 0.25) is 0 Å². The first-order valence-corrected chi connectivity index (χ1v) is 3.82. The van der Waals surface area contributed by atoms with Crippen LogP contribution in [0, 0.1) is 0 Å². The number of hydrogen-bond acceptors (Lipinski definition) is 5. The van der Waals surface area contributed by atoms with Crippen molar-refractivity contribution >= 4 is 17.9 Å². The van der Waals surface area contributed by atoms with Crippen molar-refractivity contribution in [3.05, 3.63) is 12.4 Å². The molecule has 1 N–H and O–H groups in total. The summed E-state index contributed by atoms with van der Waals surface area (Å²) in [4.78, 5) is 9.78. The van der Waals surface area contributed by atoms with Crippen molar-refractivity contribution in [1.82, 2.24) is 9.97 Å². The third kappa shape index (κ3) is 2.06. The van der Waals surface area contributed by atoms with Crippen LogP contribution in [0.5, 0.6) is 0 Å². The van der Waals surface area contributed by atoms with Gasteiger partial charge in [0.15, 0.2) is 0 Å². The standard InChI is InChI=1S/C6H9N3OS/c1-9(2)5-3-7-4-6(8-5)11-10/h3-4,10H,1-2H3. The van der Waals surface area contributed by atoms with Gasteiger partial charge in [-0.05, 0) is 0 Å². The van der Waals surface area contributed by atoms with E-state index in [-0.39, 0.29) is 0 Å². The van der Waals surface area contributed by atoms with Gasteiger partial charge in [0.05, 0.1) is 12.4 Å². The van der Waals surface area contributed by atoms with Crippen molar-refractivity contribution in [1.29, 1.82) is 0 Å². The second kappa shape index (κ2) is 3.54. The molecule has 0 radical (unpaired) electrons. The average molecular weight is 171 g/mol. The van der Waals surface area contributed by atoms with Crippen molar-refractivity contribution in [3.63, 3.8) is 0 Å². The summed E-state index contributed by atoms with van der Waals surface area (Å²) in [5.41, 5.74) is 0. The molecule has 0 bridgehead atoms. The number of hydrogen-bond donors (Lipinski definition) is 1. The summed E-state index contributed by atoms with van der Waals surface area (Å²) < 4.78 is 8.64. The molecule has 5 heteroatoms. The zero-order valence-corrected chi connectivity index (χ0v) is 7.17. The minimum absolute atomic E-state index is 0.510. The summed E-state index contributed by atoms with van der Waals surface area (Å²) in [6.45, 7) is 0. The Hall–Kier alpha value is -0.810. The molecule has 0 unspecified atom stereocenters. The molecule has 1 aromatic heterocycles. The van der Waals surface area contributed by atoms with Gasteiger partial charge >= 0.3 is 0 Å². The second-order valence-corrected chi connectivity index (χ2v) is 2.80. The maximum atomic E-state index is 8.64. The van der Waals surface area contributed by atoms with Crippen LogP contribution in [-0.2, 0) is 0 Å². The lowest BCUT2D eigenvalue weighted by atomic mass is 10.6. The molecule has 60 valence electrons. The van der Waals surface area contributed by atoms with Crippen LogP contribution in [0.15, 0.2) is 17.4 Å². The normalized spacial score (nSPS) is 9.73. The summed E-state index contributed by atoms with van der Waals surface area (Å²) >= 11 is 0.600. The smallest absolute Gasteiger partial charge is 0.148 e. The van der Waals surface area contributed by atoms with E-state index in [1.54, 1.807) is 6.20 Å². The van der Waals surface area contributed by atoms with Crippen molar-refractivity contribution < 1.29 is 4.55 Å². The van der Waals surface area contributed by atoms with Crippen LogP contribution >= 0.6 is 12.0 Å². The minimum atomic E-state index is 0.510. The molecule has 1 heterocycles. The lowest BCUT2D eigenvalue weighted by Crippen LogP contribution is -2.10. The topological polar surface area (TPSA) is 49.2 Å². The fraction of sp³-hybridized carbons (Fsp3) is 0.333. The van der Waals surface area contributed by atoms with Gasteiger partial charge in [0, 0.05) is 26.1 Å². The van der Waals surface area contributed by atoms with E-state index in [4.69, 9.17) is 4.55 Å². The van der Waals surface area contributed by atoms with Crippen molar-refractivity contribution in [3.8, 4) is 0 Å². The van der Waals surface area contributed by atoms with Gasteiger partial charge in [-0.15, -0.1) is 0 Å². The van der Waals surface area contributed by atoms with Gasteiger partial charge in [-0.2, -0.15) is 0 Å². The molecule has 1 aromatic rings. The van der Waals surface area contributed by atoms with Crippen LogP contribution in [0.3, 0.4) is 0 Å².